The largest absolute Gasteiger partial charge is 0.379 e. The molecule has 2 aliphatic heterocycles. The zero-order valence-corrected chi connectivity index (χ0v) is 16.3. The van der Waals surface area contributed by atoms with Gasteiger partial charge in [0.1, 0.15) is 6.04 Å². The highest BCUT2D eigenvalue weighted by atomic mass is 16.5. The minimum atomic E-state index is -0.301. The number of carbonyl (C=O) groups excluding carboxylic acids is 2. The molecule has 0 radical (unpaired) electrons. The molecule has 2 amide bonds. The number of nitrogens with zero attached hydrogens (tertiary/aromatic N) is 2. The van der Waals surface area contributed by atoms with E-state index in [1.165, 1.54) is 5.56 Å². The highest BCUT2D eigenvalue weighted by molar-refractivity contribution is 5.88. The van der Waals surface area contributed by atoms with Crippen molar-refractivity contribution in [2.24, 2.45) is 0 Å². The number of benzene rings is 1. The van der Waals surface area contributed by atoms with Crippen molar-refractivity contribution in [3.05, 3.63) is 35.4 Å². The molecule has 0 saturated carbocycles. The molecule has 3 rings (SSSR count). The van der Waals surface area contributed by atoms with E-state index >= 15 is 0 Å². The van der Waals surface area contributed by atoms with Crippen LogP contribution in [0.4, 0.5) is 0 Å². The van der Waals surface area contributed by atoms with E-state index in [0.717, 1.165) is 57.7 Å². The van der Waals surface area contributed by atoms with Gasteiger partial charge in [0.15, 0.2) is 0 Å². The molecule has 1 atom stereocenters. The molecule has 1 aromatic carbocycles. The number of carbonyl (C=O) groups is 2. The monoisotopic (exact) mass is 373 g/mol. The van der Waals surface area contributed by atoms with Crippen LogP contribution in [0.3, 0.4) is 0 Å². The smallest absolute Gasteiger partial charge is 0.243 e. The van der Waals surface area contributed by atoms with Gasteiger partial charge in [-0.1, -0.05) is 31.2 Å². The van der Waals surface area contributed by atoms with Crippen LogP contribution in [-0.2, 0) is 27.4 Å². The average molecular weight is 373 g/mol. The minimum Gasteiger partial charge on any atom is -0.379 e. The summed E-state index contributed by atoms with van der Waals surface area (Å²) >= 11 is 0. The molecule has 0 aromatic heterocycles. The Hall–Kier alpha value is -1.92. The zero-order chi connectivity index (χ0) is 19.1. The van der Waals surface area contributed by atoms with Crippen LogP contribution in [0.25, 0.3) is 0 Å². The Balaban J connectivity index is 1.47. The quantitative estimate of drug-likeness (QED) is 0.793. The van der Waals surface area contributed by atoms with Crippen molar-refractivity contribution in [2.75, 3.05) is 32.8 Å². The second-order valence-corrected chi connectivity index (χ2v) is 7.42. The maximum atomic E-state index is 12.5. The van der Waals surface area contributed by atoms with Crippen LogP contribution in [0, 0.1) is 0 Å². The van der Waals surface area contributed by atoms with Crippen molar-refractivity contribution in [3.63, 3.8) is 0 Å². The fourth-order valence-electron chi connectivity index (χ4n) is 3.78. The van der Waals surface area contributed by atoms with Crippen molar-refractivity contribution in [3.8, 4) is 0 Å². The normalized spacial score (nSPS) is 20.6. The summed E-state index contributed by atoms with van der Waals surface area (Å²) in [5.74, 6) is 0.0666. The number of morpholine rings is 1. The molecular weight excluding hydrogens is 342 g/mol. The number of likely N-dealkylation sites (tertiary alicyclic amines) is 1. The third kappa shape index (κ3) is 5.53. The van der Waals surface area contributed by atoms with Gasteiger partial charge >= 0.3 is 0 Å². The third-order valence-electron chi connectivity index (χ3n) is 5.34. The molecule has 2 saturated heterocycles. The molecule has 1 aromatic rings. The first-order chi connectivity index (χ1) is 13.2. The fourth-order valence-corrected chi connectivity index (χ4v) is 3.78. The van der Waals surface area contributed by atoms with E-state index in [1.807, 2.05) is 6.92 Å². The van der Waals surface area contributed by atoms with Gasteiger partial charge in [0, 0.05) is 39.1 Å². The summed E-state index contributed by atoms with van der Waals surface area (Å²) in [4.78, 5) is 28.9. The van der Waals surface area contributed by atoms with E-state index in [-0.39, 0.29) is 17.9 Å². The SMILES string of the molecule is CCCC(=O)N1CCCC1C(=O)NCc1ccc(CN2CCOCC2)cc1. The first-order valence-electron chi connectivity index (χ1n) is 10.1. The number of amides is 2. The highest BCUT2D eigenvalue weighted by Crippen LogP contribution is 2.19. The molecule has 2 aliphatic rings. The standard InChI is InChI=1S/C21H31N3O3/c1-2-4-20(25)24-10-3-5-19(24)21(26)22-15-17-6-8-18(9-7-17)16-23-11-13-27-14-12-23/h6-9,19H,2-5,10-16H2,1H3,(H,22,26). The first kappa shape index (κ1) is 19.8. The van der Waals surface area contributed by atoms with Gasteiger partial charge in [-0.3, -0.25) is 14.5 Å². The number of hydrogen-bond donors (Lipinski definition) is 1. The Morgan fingerprint density at radius 3 is 2.52 bits per heavy atom. The number of ether oxygens (including phenoxy) is 1. The van der Waals surface area contributed by atoms with Crippen LogP contribution in [0.15, 0.2) is 24.3 Å². The fraction of sp³-hybridized carbons (Fsp3) is 0.619. The Labute approximate surface area is 161 Å². The molecule has 1 unspecified atom stereocenters. The average Bonchev–Trinajstić information content (AvgIpc) is 3.18. The molecule has 148 valence electrons. The van der Waals surface area contributed by atoms with E-state index in [2.05, 4.69) is 34.5 Å². The molecule has 0 spiro atoms. The lowest BCUT2D eigenvalue weighted by atomic mass is 10.1. The van der Waals surface area contributed by atoms with Crippen LogP contribution in [0.1, 0.15) is 43.7 Å². The van der Waals surface area contributed by atoms with E-state index in [9.17, 15) is 9.59 Å². The zero-order valence-electron chi connectivity index (χ0n) is 16.3. The van der Waals surface area contributed by atoms with Gasteiger partial charge in [-0.25, -0.2) is 0 Å². The summed E-state index contributed by atoms with van der Waals surface area (Å²) < 4.78 is 5.38. The molecule has 27 heavy (non-hydrogen) atoms. The van der Waals surface area contributed by atoms with Crippen LogP contribution in [0.5, 0.6) is 0 Å². The van der Waals surface area contributed by atoms with Crippen molar-refractivity contribution in [2.45, 2.75) is 51.7 Å². The van der Waals surface area contributed by atoms with Gasteiger partial charge in [-0.2, -0.15) is 0 Å². The van der Waals surface area contributed by atoms with Gasteiger partial charge < -0.3 is 15.0 Å². The molecule has 6 heteroatoms. The van der Waals surface area contributed by atoms with E-state index in [1.54, 1.807) is 4.90 Å². The molecular formula is C21H31N3O3. The van der Waals surface area contributed by atoms with Gasteiger partial charge in [0.2, 0.25) is 11.8 Å². The Bertz CT molecular complexity index is 626. The van der Waals surface area contributed by atoms with Crippen molar-refractivity contribution < 1.29 is 14.3 Å². The van der Waals surface area contributed by atoms with E-state index in [0.29, 0.717) is 19.5 Å². The van der Waals surface area contributed by atoms with Gasteiger partial charge in [0.05, 0.1) is 13.2 Å². The maximum absolute atomic E-state index is 12.5. The lowest BCUT2D eigenvalue weighted by molar-refractivity contribution is -0.138. The van der Waals surface area contributed by atoms with Crippen LogP contribution in [-0.4, -0.2) is 60.5 Å². The summed E-state index contributed by atoms with van der Waals surface area (Å²) in [7, 11) is 0. The number of nitrogens with one attached hydrogen (secondary N) is 1. The molecule has 0 aliphatic carbocycles. The van der Waals surface area contributed by atoms with Gasteiger partial charge in [-0.15, -0.1) is 0 Å². The molecule has 1 N–H and O–H groups in total. The molecule has 0 bridgehead atoms. The summed E-state index contributed by atoms with van der Waals surface area (Å²) in [6.45, 7) is 7.71. The Morgan fingerprint density at radius 2 is 1.81 bits per heavy atom. The second kappa shape index (κ2) is 9.85. The summed E-state index contributed by atoms with van der Waals surface area (Å²) in [6, 6.07) is 8.10. The summed E-state index contributed by atoms with van der Waals surface area (Å²) in [5, 5.41) is 3.01. The second-order valence-electron chi connectivity index (χ2n) is 7.42. The van der Waals surface area contributed by atoms with Crippen LogP contribution < -0.4 is 5.32 Å². The maximum Gasteiger partial charge on any atom is 0.243 e. The molecule has 2 heterocycles. The Morgan fingerprint density at radius 1 is 1.11 bits per heavy atom. The highest BCUT2D eigenvalue weighted by Gasteiger charge is 2.33. The van der Waals surface area contributed by atoms with Gasteiger partial charge in [0.25, 0.3) is 0 Å². The minimum absolute atomic E-state index is 0.0330. The van der Waals surface area contributed by atoms with Crippen molar-refractivity contribution in [1.82, 2.24) is 15.1 Å². The van der Waals surface area contributed by atoms with Crippen molar-refractivity contribution >= 4 is 11.8 Å². The molecule has 2 fully saturated rings. The number of rotatable bonds is 7. The lowest BCUT2D eigenvalue weighted by Gasteiger charge is -2.26. The van der Waals surface area contributed by atoms with Crippen LogP contribution in [0.2, 0.25) is 0 Å². The topological polar surface area (TPSA) is 61.9 Å². The third-order valence-corrected chi connectivity index (χ3v) is 5.34. The lowest BCUT2D eigenvalue weighted by Crippen LogP contribution is -2.45. The number of hydrogen-bond acceptors (Lipinski definition) is 4. The first-order valence-corrected chi connectivity index (χ1v) is 10.1. The van der Waals surface area contributed by atoms with E-state index < -0.39 is 0 Å². The molecule has 6 nitrogen and oxygen atoms in total. The Kier molecular flexibility index (Phi) is 7.24. The van der Waals surface area contributed by atoms with Gasteiger partial charge in [-0.05, 0) is 30.4 Å². The predicted octanol–water partition coefficient (Wildman–Crippen LogP) is 1.93. The predicted molar refractivity (Wildman–Crippen MR) is 104 cm³/mol. The summed E-state index contributed by atoms with van der Waals surface area (Å²) in [6.07, 6.45) is 3.01. The van der Waals surface area contributed by atoms with E-state index in [4.69, 9.17) is 4.74 Å². The van der Waals surface area contributed by atoms with Crippen LogP contribution >= 0.6 is 0 Å². The van der Waals surface area contributed by atoms with Crippen molar-refractivity contribution in [1.29, 1.82) is 0 Å². The summed E-state index contributed by atoms with van der Waals surface area (Å²) in [5.41, 5.74) is 2.36.